The van der Waals surface area contributed by atoms with Gasteiger partial charge in [0.25, 0.3) is 0 Å². The first-order chi connectivity index (χ1) is 19.6. The van der Waals surface area contributed by atoms with Gasteiger partial charge >= 0.3 is 0 Å². The SMILES string of the molecule is COc1ccc(-c2nnc(NC3CCN(Cc4ccc5ccccc5c4)CC3)c3cc(OC)ccc23)c(OC)c1. The highest BCUT2D eigenvalue weighted by Crippen LogP contribution is 2.38. The summed E-state index contributed by atoms with van der Waals surface area (Å²) in [4.78, 5) is 2.54. The van der Waals surface area contributed by atoms with Crippen LogP contribution in [0.2, 0.25) is 0 Å². The fourth-order valence-electron chi connectivity index (χ4n) is 5.58. The van der Waals surface area contributed by atoms with Crippen LogP contribution in [0.1, 0.15) is 18.4 Å². The Morgan fingerprint density at radius 3 is 2.27 bits per heavy atom. The lowest BCUT2D eigenvalue weighted by Crippen LogP contribution is -2.38. The number of hydrogen-bond donors (Lipinski definition) is 1. The summed E-state index contributed by atoms with van der Waals surface area (Å²) in [6.07, 6.45) is 2.07. The van der Waals surface area contributed by atoms with Crippen LogP contribution in [0.25, 0.3) is 32.8 Å². The minimum atomic E-state index is 0.318. The van der Waals surface area contributed by atoms with Crippen LogP contribution in [0.15, 0.2) is 78.9 Å². The van der Waals surface area contributed by atoms with Crippen molar-refractivity contribution < 1.29 is 14.2 Å². The highest BCUT2D eigenvalue weighted by atomic mass is 16.5. The quantitative estimate of drug-likeness (QED) is 0.242. The van der Waals surface area contributed by atoms with Crippen LogP contribution in [0.3, 0.4) is 0 Å². The standard InChI is InChI=1S/C33H34N4O3/c1-38-26-10-12-28-30(19-26)33(36-35-32(28)29-13-11-27(39-2)20-31(29)40-3)34-25-14-16-37(17-15-25)21-22-8-9-23-6-4-5-7-24(23)18-22/h4-13,18-20,25H,14-17,21H2,1-3H3,(H,34,36). The van der Waals surface area contributed by atoms with Crippen LogP contribution in [-0.4, -0.2) is 55.6 Å². The average Bonchev–Trinajstić information content (AvgIpc) is 3.01. The Bertz CT molecular complexity index is 1650. The molecule has 1 fully saturated rings. The second kappa shape index (κ2) is 11.4. The molecule has 0 bridgehead atoms. The number of aromatic nitrogens is 2. The Hall–Kier alpha value is -4.36. The minimum Gasteiger partial charge on any atom is -0.497 e. The van der Waals surface area contributed by atoms with Gasteiger partial charge in [-0.05, 0) is 65.6 Å². The van der Waals surface area contributed by atoms with Gasteiger partial charge < -0.3 is 19.5 Å². The van der Waals surface area contributed by atoms with Crippen LogP contribution in [0, 0.1) is 0 Å². The summed E-state index contributed by atoms with van der Waals surface area (Å²) in [5.41, 5.74) is 2.98. The van der Waals surface area contributed by atoms with Crippen molar-refractivity contribution in [2.75, 3.05) is 39.7 Å². The van der Waals surface area contributed by atoms with Crippen LogP contribution < -0.4 is 19.5 Å². The van der Waals surface area contributed by atoms with E-state index in [-0.39, 0.29) is 0 Å². The topological polar surface area (TPSA) is 68.7 Å². The third-order valence-corrected chi connectivity index (χ3v) is 7.80. The molecule has 5 aromatic rings. The molecule has 0 unspecified atom stereocenters. The number of likely N-dealkylation sites (tertiary alicyclic amines) is 1. The monoisotopic (exact) mass is 534 g/mol. The van der Waals surface area contributed by atoms with E-state index in [1.807, 2.05) is 36.4 Å². The molecule has 204 valence electrons. The van der Waals surface area contributed by atoms with E-state index in [0.29, 0.717) is 11.8 Å². The number of methoxy groups -OCH3 is 3. The Labute approximate surface area is 234 Å². The predicted molar refractivity (Wildman–Crippen MR) is 160 cm³/mol. The molecule has 6 rings (SSSR count). The van der Waals surface area contributed by atoms with Gasteiger partial charge in [-0.3, -0.25) is 4.90 Å². The maximum Gasteiger partial charge on any atom is 0.156 e. The van der Waals surface area contributed by atoms with E-state index in [0.717, 1.165) is 71.8 Å². The number of anilines is 1. The van der Waals surface area contributed by atoms with Crippen molar-refractivity contribution in [2.45, 2.75) is 25.4 Å². The molecule has 1 aliphatic rings. The largest absolute Gasteiger partial charge is 0.497 e. The zero-order valence-electron chi connectivity index (χ0n) is 23.2. The molecule has 40 heavy (non-hydrogen) atoms. The van der Waals surface area contributed by atoms with Crippen molar-refractivity contribution in [3.05, 3.63) is 84.4 Å². The zero-order valence-corrected chi connectivity index (χ0v) is 23.2. The first kappa shape index (κ1) is 25.9. The maximum atomic E-state index is 5.67. The van der Waals surface area contributed by atoms with Crippen LogP contribution in [0.5, 0.6) is 17.2 Å². The van der Waals surface area contributed by atoms with E-state index in [1.54, 1.807) is 21.3 Å². The van der Waals surface area contributed by atoms with E-state index in [1.165, 1.54) is 16.3 Å². The number of piperidine rings is 1. The third-order valence-electron chi connectivity index (χ3n) is 7.80. The van der Waals surface area contributed by atoms with Gasteiger partial charge in [-0.25, -0.2) is 0 Å². The van der Waals surface area contributed by atoms with Gasteiger partial charge in [0, 0.05) is 48.1 Å². The molecule has 0 atom stereocenters. The van der Waals surface area contributed by atoms with Crippen LogP contribution in [-0.2, 0) is 6.54 Å². The average molecular weight is 535 g/mol. The van der Waals surface area contributed by atoms with Gasteiger partial charge in [-0.15, -0.1) is 10.2 Å². The van der Waals surface area contributed by atoms with Gasteiger partial charge in [-0.1, -0.05) is 36.4 Å². The van der Waals surface area contributed by atoms with Gasteiger partial charge in [-0.2, -0.15) is 0 Å². The molecule has 1 aliphatic heterocycles. The summed E-state index contributed by atoms with van der Waals surface area (Å²) in [6, 6.07) is 27.4. The summed E-state index contributed by atoms with van der Waals surface area (Å²) in [6.45, 7) is 3.02. The summed E-state index contributed by atoms with van der Waals surface area (Å²) >= 11 is 0. The normalized spacial score (nSPS) is 14.4. The summed E-state index contributed by atoms with van der Waals surface area (Å²) in [5.74, 6) is 2.97. The van der Waals surface area contributed by atoms with E-state index >= 15 is 0 Å². The molecule has 2 heterocycles. The van der Waals surface area contributed by atoms with Gasteiger partial charge in [0.2, 0.25) is 0 Å². The summed E-state index contributed by atoms with van der Waals surface area (Å²) < 4.78 is 16.6. The Morgan fingerprint density at radius 1 is 0.750 bits per heavy atom. The molecular weight excluding hydrogens is 500 g/mol. The van der Waals surface area contributed by atoms with E-state index < -0.39 is 0 Å². The number of rotatable bonds is 8. The lowest BCUT2D eigenvalue weighted by atomic mass is 10.0. The Balaban J connectivity index is 1.21. The molecule has 7 heteroatoms. The predicted octanol–water partition coefficient (Wildman–Crippen LogP) is 6.55. The molecule has 1 aromatic heterocycles. The highest BCUT2D eigenvalue weighted by molar-refractivity contribution is 6.01. The molecule has 0 amide bonds. The number of nitrogens with zero attached hydrogens (tertiary/aromatic N) is 3. The van der Waals surface area contributed by atoms with Gasteiger partial charge in [0.1, 0.15) is 22.9 Å². The fraction of sp³-hybridized carbons (Fsp3) is 0.273. The summed E-state index contributed by atoms with van der Waals surface area (Å²) in [5, 5.41) is 17.6. The second-order valence-corrected chi connectivity index (χ2v) is 10.3. The minimum absolute atomic E-state index is 0.318. The van der Waals surface area contributed by atoms with Gasteiger partial charge in [0.05, 0.1) is 21.3 Å². The molecule has 1 saturated heterocycles. The Kier molecular flexibility index (Phi) is 7.38. The van der Waals surface area contributed by atoms with Crippen molar-refractivity contribution in [3.8, 4) is 28.5 Å². The molecule has 4 aromatic carbocycles. The van der Waals surface area contributed by atoms with E-state index in [2.05, 4.69) is 62.9 Å². The molecule has 1 N–H and O–H groups in total. The van der Waals surface area contributed by atoms with Crippen molar-refractivity contribution in [1.82, 2.24) is 15.1 Å². The van der Waals surface area contributed by atoms with E-state index in [4.69, 9.17) is 14.2 Å². The second-order valence-electron chi connectivity index (χ2n) is 10.3. The zero-order chi connectivity index (χ0) is 27.5. The van der Waals surface area contributed by atoms with Crippen LogP contribution in [0.4, 0.5) is 5.82 Å². The first-order valence-corrected chi connectivity index (χ1v) is 13.7. The van der Waals surface area contributed by atoms with Crippen molar-refractivity contribution >= 4 is 27.4 Å². The molecular formula is C33H34N4O3. The number of hydrogen-bond acceptors (Lipinski definition) is 7. The Morgan fingerprint density at radius 2 is 1.50 bits per heavy atom. The van der Waals surface area contributed by atoms with Crippen molar-refractivity contribution in [2.24, 2.45) is 0 Å². The molecule has 0 aliphatic carbocycles. The fourth-order valence-corrected chi connectivity index (χ4v) is 5.58. The lowest BCUT2D eigenvalue weighted by Gasteiger charge is -2.32. The molecule has 0 radical (unpaired) electrons. The summed E-state index contributed by atoms with van der Waals surface area (Å²) in [7, 11) is 4.98. The number of ether oxygens (including phenoxy) is 3. The smallest absolute Gasteiger partial charge is 0.156 e. The number of nitrogens with one attached hydrogen (secondary N) is 1. The van der Waals surface area contributed by atoms with Crippen molar-refractivity contribution in [3.63, 3.8) is 0 Å². The molecule has 0 spiro atoms. The highest BCUT2D eigenvalue weighted by Gasteiger charge is 2.22. The van der Waals surface area contributed by atoms with Crippen LogP contribution >= 0.6 is 0 Å². The number of fused-ring (bicyclic) bond motifs is 2. The number of benzene rings is 4. The maximum absolute atomic E-state index is 5.67. The first-order valence-electron chi connectivity index (χ1n) is 13.7. The third kappa shape index (κ3) is 5.25. The molecule has 0 saturated carbocycles. The van der Waals surface area contributed by atoms with Crippen molar-refractivity contribution in [1.29, 1.82) is 0 Å². The van der Waals surface area contributed by atoms with Gasteiger partial charge in [0.15, 0.2) is 5.82 Å². The molecule has 7 nitrogen and oxygen atoms in total. The van der Waals surface area contributed by atoms with E-state index in [9.17, 15) is 0 Å². The lowest BCUT2D eigenvalue weighted by molar-refractivity contribution is 0.211.